The van der Waals surface area contributed by atoms with Gasteiger partial charge in [0, 0.05) is 18.3 Å². The van der Waals surface area contributed by atoms with Gasteiger partial charge in [0.05, 0.1) is 11.8 Å². The van der Waals surface area contributed by atoms with Gasteiger partial charge < -0.3 is 10.1 Å². The number of hydrogen-bond donors (Lipinski definition) is 3. The molecule has 28 heavy (non-hydrogen) atoms. The number of aryl methyl sites for hydroxylation is 1. The topological polar surface area (TPSA) is 101 Å². The van der Waals surface area contributed by atoms with E-state index in [0.717, 1.165) is 5.56 Å². The number of hydrogen-bond acceptors (Lipinski definition) is 5. The molecule has 1 heterocycles. The number of benzene rings is 2. The van der Waals surface area contributed by atoms with E-state index >= 15 is 0 Å². The Bertz CT molecular complexity index is 961. The fourth-order valence-corrected chi connectivity index (χ4v) is 2.63. The van der Waals surface area contributed by atoms with Gasteiger partial charge in [0.1, 0.15) is 11.5 Å². The molecule has 0 spiro atoms. The van der Waals surface area contributed by atoms with Crippen LogP contribution >= 0.6 is 0 Å². The maximum Gasteiger partial charge on any atom is 0.259 e. The highest BCUT2D eigenvalue weighted by Crippen LogP contribution is 2.26. The van der Waals surface area contributed by atoms with Crippen molar-refractivity contribution in [1.82, 2.24) is 10.5 Å². The summed E-state index contributed by atoms with van der Waals surface area (Å²) in [6.45, 7) is 0. The van der Waals surface area contributed by atoms with E-state index in [0.29, 0.717) is 29.2 Å². The Labute approximate surface area is 162 Å². The van der Waals surface area contributed by atoms with E-state index in [1.54, 1.807) is 66.4 Å². The zero-order valence-electron chi connectivity index (χ0n) is 15.0. The smallest absolute Gasteiger partial charge is 0.259 e. The first-order valence-corrected chi connectivity index (χ1v) is 8.66. The molecule has 0 atom stereocenters. The number of carbonyl (C=O) groups excluding carboxylic acids is 2. The predicted molar refractivity (Wildman–Crippen MR) is 103 cm³/mol. The van der Waals surface area contributed by atoms with Gasteiger partial charge in [-0.2, -0.15) is 0 Å². The number of amides is 2. The zero-order chi connectivity index (χ0) is 19.8. The van der Waals surface area contributed by atoms with Gasteiger partial charge in [0.15, 0.2) is 0 Å². The fraction of sp³-hybridized carbons (Fsp3) is 0.0952. The van der Waals surface area contributed by atoms with Crippen molar-refractivity contribution in [3.8, 4) is 11.5 Å². The maximum atomic E-state index is 12.8. The summed E-state index contributed by atoms with van der Waals surface area (Å²) in [7, 11) is 0. The third-order valence-corrected chi connectivity index (χ3v) is 4.01. The summed E-state index contributed by atoms with van der Waals surface area (Å²) in [5.74, 6) is 0.109. The van der Waals surface area contributed by atoms with E-state index in [9.17, 15) is 9.59 Å². The van der Waals surface area contributed by atoms with Crippen LogP contribution in [0.3, 0.4) is 0 Å². The van der Waals surface area contributed by atoms with Crippen molar-refractivity contribution in [1.29, 1.82) is 0 Å². The molecule has 7 nitrogen and oxygen atoms in total. The average Bonchev–Trinajstić information content (AvgIpc) is 2.74. The molecule has 0 radical (unpaired) electrons. The number of para-hydroxylation sites is 2. The number of aromatic nitrogens is 1. The van der Waals surface area contributed by atoms with Gasteiger partial charge in [-0.05, 0) is 42.3 Å². The minimum absolute atomic E-state index is 0.101. The summed E-state index contributed by atoms with van der Waals surface area (Å²) < 4.78 is 5.79. The van der Waals surface area contributed by atoms with Crippen molar-refractivity contribution < 1.29 is 19.5 Å². The lowest BCUT2D eigenvalue weighted by molar-refractivity contribution is -0.129. The first kappa shape index (κ1) is 19.1. The second-order valence-corrected chi connectivity index (χ2v) is 5.93. The first-order valence-electron chi connectivity index (χ1n) is 8.66. The molecule has 0 saturated carbocycles. The maximum absolute atomic E-state index is 12.8. The molecule has 3 rings (SSSR count). The van der Waals surface area contributed by atoms with Crippen molar-refractivity contribution in [3.63, 3.8) is 0 Å². The van der Waals surface area contributed by atoms with E-state index in [1.165, 1.54) is 0 Å². The molecule has 142 valence electrons. The highest BCUT2D eigenvalue weighted by molar-refractivity contribution is 6.06. The lowest BCUT2D eigenvalue weighted by Crippen LogP contribution is -2.19. The van der Waals surface area contributed by atoms with Crippen molar-refractivity contribution in [2.75, 3.05) is 5.32 Å². The van der Waals surface area contributed by atoms with Crippen LogP contribution < -0.4 is 15.5 Å². The van der Waals surface area contributed by atoms with E-state index in [-0.39, 0.29) is 12.3 Å². The molecule has 0 fully saturated rings. The number of hydroxylamine groups is 1. The number of anilines is 1. The molecule has 0 saturated heterocycles. The molecule has 2 amide bonds. The van der Waals surface area contributed by atoms with Gasteiger partial charge in [0.2, 0.25) is 5.91 Å². The van der Waals surface area contributed by atoms with E-state index in [4.69, 9.17) is 9.94 Å². The number of ether oxygens (including phenoxy) is 1. The summed E-state index contributed by atoms with van der Waals surface area (Å²) in [6, 6.07) is 17.6. The molecular weight excluding hydrogens is 358 g/mol. The molecular formula is C21H19N3O4. The number of nitrogens with zero attached hydrogens (tertiary/aromatic N) is 1. The SMILES string of the molecule is O=C(CCc1ccccc1NC(=O)c1ccccc1Oc1cccnc1)NO. The molecule has 0 bridgehead atoms. The Balaban J connectivity index is 1.78. The molecule has 3 N–H and O–H groups in total. The Kier molecular flexibility index (Phi) is 6.33. The van der Waals surface area contributed by atoms with E-state index in [2.05, 4.69) is 10.3 Å². The summed E-state index contributed by atoms with van der Waals surface area (Å²) in [6.07, 6.45) is 3.68. The normalized spacial score (nSPS) is 10.2. The average molecular weight is 377 g/mol. The van der Waals surface area contributed by atoms with Crippen LogP contribution in [0.5, 0.6) is 11.5 Å². The highest BCUT2D eigenvalue weighted by atomic mass is 16.5. The third kappa shape index (κ3) is 4.93. The first-order chi connectivity index (χ1) is 13.7. The minimum Gasteiger partial charge on any atom is -0.455 e. The molecule has 0 aliphatic heterocycles. The molecule has 7 heteroatoms. The van der Waals surface area contributed by atoms with Crippen LogP contribution in [0.2, 0.25) is 0 Å². The molecule has 0 aliphatic carbocycles. The summed E-state index contributed by atoms with van der Waals surface area (Å²) >= 11 is 0. The molecule has 0 unspecified atom stereocenters. The lowest BCUT2D eigenvalue weighted by Gasteiger charge is -2.13. The van der Waals surface area contributed by atoms with Gasteiger partial charge in [-0.1, -0.05) is 30.3 Å². The Hall–Kier alpha value is -3.71. The lowest BCUT2D eigenvalue weighted by atomic mass is 10.1. The fourth-order valence-electron chi connectivity index (χ4n) is 2.63. The Morgan fingerprint density at radius 1 is 1.00 bits per heavy atom. The quantitative estimate of drug-likeness (QED) is 0.432. The van der Waals surface area contributed by atoms with Gasteiger partial charge in [0.25, 0.3) is 5.91 Å². The summed E-state index contributed by atoms with van der Waals surface area (Å²) in [5, 5.41) is 11.5. The molecule has 0 aliphatic rings. The standard InChI is InChI=1S/C21H19N3O4/c25-20(24-27)12-11-15-6-1-3-9-18(15)23-21(26)17-8-2-4-10-19(17)28-16-7-5-13-22-14-16/h1-10,13-14,27H,11-12H2,(H,23,26)(H,24,25). The number of carbonyl (C=O) groups is 2. The van der Waals surface area contributed by atoms with Crippen LogP contribution in [-0.2, 0) is 11.2 Å². The van der Waals surface area contributed by atoms with E-state index < -0.39 is 5.91 Å². The van der Waals surface area contributed by atoms with Crippen LogP contribution in [0.1, 0.15) is 22.3 Å². The van der Waals surface area contributed by atoms with Crippen LogP contribution in [-0.4, -0.2) is 22.0 Å². The third-order valence-electron chi connectivity index (χ3n) is 4.01. The second-order valence-electron chi connectivity index (χ2n) is 5.93. The zero-order valence-corrected chi connectivity index (χ0v) is 15.0. The van der Waals surface area contributed by atoms with Gasteiger partial charge in [-0.25, -0.2) is 5.48 Å². The number of rotatable bonds is 7. The molecule has 2 aromatic carbocycles. The predicted octanol–water partition coefficient (Wildman–Crippen LogP) is 3.56. The van der Waals surface area contributed by atoms with Crippen LogP contribution in [0.25, 0.3) is 0 Å². The van der Waals surface area contributed by atoms with Crippen molar-refractivity contribution in [3.05, 3.63) is 84.2 Å². The summed E-state index contributed by atoms with van der Waals surface area (Å²) in [4.78, 5) is 28.1. The van der Waals surface area contributed by atoms with Gasteiger partial charge in [-0.15, -0.1) is 0 Å². The molecule has 1 aromatic heterocycles. The Morgan fingerprint density at radius 2 is 1.79 bits per heavy atom. The Morgan fingerprint density at radius 3 is 2.57 bits per heavy atom. The number of pyridine rings is 1. The van der Waals surface area contributed by atoms with Crippen LogP contribution in [0.4, 0.5) is 5.69 Å². The minimum atomic E-state index is -0.489. The molecule has 3 aromatic rings. The number of nitrogens with one attached hydrogen (secondary N) is 2. The highest BCUT2D eigenvalue weighted by Gasteiger charge is 2.15. The van der Waals surface area contributed by atoms with Crippen LogP contribution in [0, 0.1) is 0 Å². The summed E-state index contributed by atoms with van der Waals surface area (Å²) in [5.41, 5.74) is 3.35. The van der Waals surface area contributed by atoms with Crippen LogP contribution in [0.15, 0.2) is 73.1 Å². The monoisotopic (exact) mass is 377 g/mol. The largest absolute Gasteiger partial charge is 0.455 e. The van der Waals surface area contributed by atoms with Crippen molar-refractivity contribution in [2.45, 2.75) is 12.8 Å². The van der Waals surface area contributed by atoms with Crippen molar-refractivity contribution in [2.24, 2.45) is 0 Å². The van der Waals surface area contributed by atoms with Gasteiger partial charge >= 0.3 is 0 Å². The second kappa shape index (κ2) is 9.29. The van der Waals surface area contributed by atoms with Gasteiger partial charge in [-0.3, -0.25) is 19.8 Å². The van der Waals surface area contributed by atoms with E-state index in [1.807, 2.05) is 12.1 Å². The van der Waals surface area contributed by atoms with Crippen molar-refractivity contribution >= 4 is 17.5 Å².